The van der Waals surface area contributed by atoms with Crippen molar-refractivity contribution >= 4 is 17.4 Å². The Morgan fingerprint density at radius 2 is 2.38 bits per heavy atom. The largest absolute Gasteiger partial charge is 0.365 e. The SMILES string of the molecule is CC(C)=CCNc1ncccc1Cl. The van der Waals surface area contributed by atoms with Crippen molar-refractivity contribution < 1.29 is 0 Å². The smallest absolute Gasteiger partial charge is 0.144 e. The third kappa shape index (κ3) is 3.47. The molecule has 1 rings (SSSR count). The van der Waals surface area contributed by atoms with E-state index in [2.05, 4.69) is 30.2 Å². The number of pyridine rings is 1. The summed E-state index contributed by atoms with van der Waals surface area (Å²) in [4.78, 5) is 4.10. The minimum atomic E-state index is 0.657. The number of halogens is 1. The topological polar surface area (TPSA) is 24.9 Å². The van der Waals surface area contributed by atoms with Gasteiger partial charge in [-0.05, 0) is 26.0 Å². The fourth-order valence-electron chi connectivity index (χ4n) is 0.868. The highest BCUT2D eigenvalue weighted by atomic mass is 35.5. The lowest BCUT2D eigenvalue weighted by molar-refractivity contribution is 1.20. The van der Waals surface area contributed by atoms with Crippen LogP contribution in [0.3, 0.4) is 0 Å². The molecule has 0 fully saturated rings. The van der Waals surface area contributed by atoms with Crippen LogP contribution in [0.4, 0.5) is 5.82 Å². The monoisotopic (exact) mass is 196 g/mol. The van der Waals surface area contributed by atoms with E-state index in [0.29, 0.717) is 5.02 Å². The van der Waals surface area contributed by atoms with Gasteiger partial charge in [-0.15, -0.1) is 0 Å². The lowest BCUT2D eigenvalue weighted by atomic mass is 10.3. The van der Waals surface area contributed by atoms with Crippen molar-refractivity contribution in [3.05, 3.63) is 35.0 Å². The summed E-state index contributed by atoms with van der Waals surface area (Å²) in [6.07, 6.45) is 3.81. The van der Waals surface area contributed by atoms with Gasteiger partial charge in [0.15, 0.2) is 0 Å². The predicted octanol–water partition coefficient (Wildman–Crippen LogP) is 3.11. The van der Waals surface area contributed by atoms with E-state index >= 15 is 0 Å². The van der Waals surface area contributed by atoms with E-state index in [-0.39, 0.29) is 0 Å². The zero-order valence-corrected chi connectivity index (χ0v) is 8.60. The minimum absolute atomic E-state index is 0.657. The maximum Gasteiger partial charge on any atom is 0.144 e. The molecule has 0 bridgehead atoms. The fourth-order valence-corrected chi connectivity index (χ4v) is 1.06. The molecular weight excluding hydrogens is 184 g/mol. The summed E-state index contributed by atoms with van der Waals surface area (Å²) in [5.74, 6) is 0.738. The molecule has 0 radical (unpaired) electrons. The molecule has 1 heterocycles. The Kier molecular flexibility index (Phi) is 3.77. The molecule has 1 N–H and O–H groups in total. The van der Waals surface area contributed by atoms with Crippen LogP contribution in [0.25, 0.3) is 0 Å². The Balaban J connectivity index is 2.55. The molecule has 0 aliphatic carbocycles. The molecule has 0 aliphatic heterocycles. The average Bonchev–Trinajstić information content (AvgIpc) is 2.08. The molecule has 0 atom stereocenters. The van der Waals surface area contributed by atoms with Gasteiger partial charge in [0.2, 0.25) is 0 Å². The second kappa shape index (κ2) is 4.87. The van der Waals surface area contributed by atoms with Crippen LogP contribution >= 0.6 is 11.6 Å². The Hall–Kier alpha value is -1.02. The third-order valence-corrected chi connectivity index (χ3v) is 1.84. The predicted molar refractivity (Wildman–Crippen MR) is 57.2 cm³/mol. The van der Waals surface area contributed by atoms with Crippen molar-refractivity contribution in [2.45, 2.75) is 13.8 Å². The number of nitrogens with zero attached hydrogens (tertiary/aromatic N) is 1. The number of anilines is 1. The number of hydrogen-bond acceptors (Lipinski definition) is 2. The number of hydrogen-bond donors (Lipinski definition) is 1. The summed E-state index contributed by atoms with van der Waals surface area (Å²) in [7, 11) is 0. The summed E-state index contributed by atoms with van der Waals surface area (Å²) in [5, 5.41) is 3.78. The van der Waals surface area contributed by atoms with Gasteiger partial charge in [0.25, 0.3) is 0 Å². The van der Waals surface area contributed by atoms with Crippen LogP contribution in [0.2, 0.25) is 5.02 Å². The highest BCUT2D eigenvalue weighted by Gasteiger charge is 1.96. The van der Waals surface area contributed by atoms with E-state index < -0.39 is 0 Å². The van der Waals surface area contributed by atoms with E-state index in [1.807, 2.05) is 12.1 Å². The van der Waals surface area contributed by atoms with Crippen LogP contribution in [-0.2, 0) is 0 Å². The molecule has 0 aliphatic rings. The van der Waals surface area contributed by atoms with Crippen LogP contribution in [0.5, 0.6) is 0 Å². The van der Waals surface area contributed by atoms with Gasteiger partial charge in [-0.25, -0.2) is 4.98 Å². The van der Waals surface area contributed by atoms with Crippen LogP contribution in [-0.4, -0.2) is 11.5 Å². The van der Waals surface area contributed by atoms with E-state index in [1.54, 1.807) is 6.20 Å². The number of rotatable bonds is 3. The van der Waals surface area contributed by atoms with Gasteiger partial charge in [0, 0.05) is 12.7 Å². The lowest BCUT2D eigenvalue weighted by Crippen LogP contribution is -2.01. The van der Waals surface area contributed by atoms with E-state index in [0.717, 1.165) is 12.4 Å². The van der Waals surface area contributed by atoms with Crippen molar-refractivity contribution in [1.82, 2.24) is 4.98 Å². The molecule has 0 unspecified atom stereocenters. The molecule has 1 aromatic rings. The zero-order chi connectivity index (χ0) is 9.68. The first-order chi connectivity index (χ1) is 6.20. The maximum atomic E-state index is 5.89. The van der Waals surface area contributed by atoms with Crippen LogP contribution in [0, 0.1) is 0 Å². The van der Waals surface area contributed by atoms with Gasteiger partial charge in [-0.1, -0.05) is 23.3 Å². The van der Waals surface area contributed by atoms with Crippen LogP contribution in [0.15, 0.2) is 30.0 Å². The van der Waals surface area contributed by atoms with Crippen molar-refractivity contribution in [3.8, 4) is 0 Å². The summed E-state index contributed by atoms with van der Waals surface area (Å²) < 4.78 is 0. The molecule has 0 saturated heterocycles. The Labute approximate surface area is 83.6 Å². The maximum absolute atomic E-state index is 5.89. The average molecular weight is 197 g/mol. The first-order valence-corrected chi connectivity index (χ1v) is 4.55. The molecule has 1 aromatic heterocycles. The van der Waals surface area contributed by atoms with Gasteiger partial charge >= 0.3 is 0 Å². The number of allylic oxidation sites excluding steroid dienone is 1. The summed E-state index contributed by atoms with van der Waals surface area (Å²) in [5.41, 5.74) is 1.28. The first kappa shape index (κ1) is 10.1. The molecular formula is C10H13ClN2. The normalized spacial score (nSPS) is 9.46. The summed E-state index contributed by atoms with van der Waals surface area (Å²) in [6, 6.07) is 3.63. The van der Waals surface area contributed by atoms with Gasteiger partial charge in [-0.2, -0.15) is 0 Å². The van der Waals surface area contributed by atoms with E-state index in [1.165, 1.54) is 5.57 Å². The molecule has 0 aromatic carbocycles. The second-order valence-corrected chi connectivity index (χ2v) is 3.40. The zero-order valence-electron chi connectivity index (χ0n) is 7.84. The summed E-state index contributed by atoms with van der Waals surface area (Å²) in [6.45, 7) is 4.88. The Bertz CT molecular complexity index is 304. The van der Waals surface area contributed by atoms with Gasteiger partial charge in [-0.3, -0.25) is 0 Å². The molecule has 0 saturated carbocycles. The Morgan fingerprint density at radius 1 is 1.62 bits per heavy atom. The lowest BCUT2D eigenvalue weighted by Gasteiger charge is -2.03. The standard InChI is InChI=1S/C10H13ClN2/c1-8(2)5-7-13-10-9(11)4-3-6-12-10/h3-6H,7H2,1-2H3,(H,12,13). The Morgan fingerprint density at radius 3 is 3.00 bits per heavy atom. The summed E-state index contributed by atoms with van der Waals surface area (Å²) >= 11 is 5.89. The molecule has 3 heteroatoms. The second-order valence-electron chi connectivity index (χ2n) is 3.00. The molecule has 0 amide bonds. The van der Waals surface area contributed by atoms with E-state index in [4.69, 9.17) is 11.6 Å². The molecule has 70 valence electrons. The van der Waals surface area contributed by atoms with Crippen LogP contribution < -0.4 is 5.32 Å². The highest BCUT2D eigenvalue weighted by Crippen LogP contribution is 2.16. The quantitative estimate of drug-likeness (QED) is 0.752. The van der Waals surface area contributed by atoms with Crippen molar-refractivity contribution in [2.75, 3.05) is 11.9 Å². The van der Waals surface area contributed by atoms with Crippen LogP contribution in [0.1, 0.15) is 13.8 Å². The van der Waals surface area contributed by atoms with E-state index in [9.17, 15) is 0 Å². The van der Waals surface area contributed by atoms with Crippen molar-refractivity contribution in [2.24, 2.45) is 0 Å². The minimum Gasteiger partial charge on any atom is -0.365 e. The molecule has 2 nitrogen and oxygen atoms in total. The number of nitrogens with one attached hydrogen (secondary N) is 1. The van der Waals surface area contributed by atoms with Crippen molar-refractivity contribution in [3.63, 3.8) is 0 Å². The highest BCUT2D eigenvalue weighted by molar-refractivity contribution is 6.32. The van der Waals surface area contributed by atoms with Gasteiger partial charge in [0.05, 0.1) is 5.02 Å². The van der Waals surface area contributed by atoms with Gasteiger partial charge in [0.1, 0.15) is 5.82 Å². The van der Waals surface area contributed by atoms with Crippen molar-refractivity contribution in [1.29, 1.82) is 0 Å². The molecule has 13 heavy (non-hydrogen) atoms. The number of aromatic nitrogens is 1. The third-order valence-electron chi connectivity index (χ3n) is 1.54. The van der Waals surface area contributed by atoms with Gasteiger partial charge < -0.3 is 5.32 Å². The first-order valence-electron chi connectivity index (χ1n) is 4.18. The molecule has 0 spiro atoms. The fraction of sp³-hybridized carbons (Fsp3) is 0.300.